The van der Waals surface area contributed by atoms with Gasteiger partial charge in [-0.2, -0.15) is 0 Å². The van der Waals surface area contributed by atoms with Crippen LogP contribution in [0.2, 0.25) is 0 Å². The van der Waals surface area contributed by atoms with Crippen molar-refractivity contribution < 1.29 is 23.8 Å². The van der Waals surface area contributed by atoms with Crippen molar-refractivity contribution in [3.8, 4) is 5.75 Å². The fourth-order valence-electron chi connectivity index (χ4n) is 2.83. The number of hydrogen-bond acceptors (Lipinski definition) is 6. The number of carbonyl (C=O) groups excluding carboxylic acids is 2. The maximum atomic E-state index is 12.2. The second-order valence-electron chi connectivity index (χ2n) is 7.46. The van der Waals surface area contributed by atoms with Crippen molar-refractivity contribution in [1.29, 1.82) is 0 Å². The predicted molar refractivity (Wildman–Crippen MR) is 103 cm³/mol. The number of hydrogen-bond donors (Lipinski definition) is 1. The monoisotopic (exact) mass is 378 g/mol. The summed E-state index contributed by atoms with van der Waals surface area (Å²) in [6.07, 6.45) is 1.05. The number of anilines is 1. The summed E-state index contributed by atoms with van der Waals surface area (Å²) >= 11 is 0. The Bertz CT molecular complexity index is 621. The molecule has 1 aromatic carbocycles. The number of para-hydroxylation sites is 2. The first-order valence-corrected chi connectivity index (χ1v) is 9.39. The van der Waals surface area contributed by atoms with Crippen molar-refractivity contribution in [3.63, 3.8) is 0 Å². The first-order chi connectivity index (χ1) is 12.8. The molecule has 1 amide bonds. The van der Waals surface area contributed by atoms with Crippen LogP contribution in [0.4, 0.5) is 10.5 Å². The molecule has 0 aliphatic carbocycles. The van der Waals surface area contributed by atoms with Gasteiger partial charge in [0.15, 0.2) is 6.29 Å². The van der Waals surface area contributed by atoms with Crippen LogP contribution in [0.5, 0.6) is 5.75 Å². The number of likely N-dealkylation sites (tertiary alicyclic amines) is 1. The Morgan fingerprint density at radius 2 is 1.96 bits per heavy atom. The van der Waals surface area contributed by atoms with Crippen molar-refractivity contribution in [1.82, 2.24) is 4.90 Å². The van der Waals surface area contributed by atoms with Gasteiger partial charge < -0.3 is 24.4 Å². The molecule has 1 unspecified atom stereocenters. The molecule has 7 heteroatoms. The summed E-state index contributed by atoms with van der Waals surface area (Å²) in [5, 5.41) is 3.45. The van der Waals surface area contributed by atoms with E-state index in [0.717, 1.165) is 18.5 Å². The normalized spacial score (nSPS) is 16.5. The minimum atomic E-state index is -0.924. The van der Waals surface area contributed by atoms with Crippen molar-refractivity contribution >= 4 is 18.1 Å². The molecule has 1 heterocycles. The van der Waals surface area contributed by atoms with Gasteiger partial charge in [0, 0.05) is 25.7 Å². The largest absolute Gasteiger partial charge is 0.456 e. The molecular weight excluding hydrogens is 348 g/mol. The molecule has 0 bridgehead atoms. The quantitative estimate of drug-likeness (QED) is 0.578. The third kappa shape index (κ3) is 6.75. The summed E-state index contributed by atoms with van der Waals surface area (Å²) in [5.41, 5.74) is 0.317. The van der Waals surface area contributed by atoms with Crippen LogP contribution in [0.25, 0.3) is 0 Å². The molecule has 150 valence electrons. The smallest absolute Gasteiger partial charge is 0.410 e. The highest BCUT2D eigenvalue weighted by Gasteiger charge is 2.27. The van der Waals surface area contributed by atoms with E-state index in [4.69, 9.17) is 14.2 Å². The van der Waals surface area contributed by atoms with E-state index in [1.807, 2.05) is 45.9 Å². The Morgan fingerprint density at radius 1 is 1.30 bits per heavy atom. The SMILES string of the molecule is CCOC(C=O)Oc1ccccc1NC1CCN(C(=O)OC(C)(C)C)CC1. The van der Waals surface area contributed by atoms with E-state index in [1.54, 1.807) is 11.0 Å². The lowest BCUT2D eigenvalue weighted by atomic mass is 10.0. The van der Waals surface area contributed by atoms with E-state index < -0.39 is 11.9 Å². The summed E-state index contributed by atoms with van der Waals surface area (Å²) in [6.45, 7) is 9.06. The molecule has 1 aromatic rings. The van der Waals surface area contributed by atoms with Crippen LogP contribution < -0.4 is 10.1 Å². The van der Waals surface area contributed by atoms with Crippen LogP contribution in [0.1, 0.15) is 40.5 Å². The number of aldehydes is 1. The van der Waals surface area contributed by atoms with Gasteiger partial charge in [-0.25, -0.2) is 4.79 Å². The fourth-order valence-corrected chi connectivity index (χ4v) is 2.83. The highest BCUT2D eigenvalue weighted by Crippen LogP contribution is 2.27. The molecule has 0 aromatic heterocycles. The van der Waals surface area contributed by atoms with Gasteiger partial charge in [-0.15, -0.1) is 0 Å². The average Bonchev–Trinajstić information content (AvgIpc) is 2.62. The number of nitrogens with zero attached hydrogens (tertiary/aromatic N) is 1. The Morgan fingerprint density at radius 3 is 2.56 bits per heavy atom. The summed E-state index contributed by atoms with van der Waals surface area (Å²) < 4.78 is 16.3. The van der Waals surface area contributed by atoms with Crippen molar-refractivity contribution in [2.45, 2.75) is 58.5 Å². The number of ether oxygens (including phenoxy) is 3. The lowest BCUT2D eigenvalue weighted by Gasteiger charge is -2.34. The standard InChI is InChI=1S/C20H30N2O5/c1-5-25-18(14-23)26-17-9-7-6-8-16(17)21-15-10-12-22(13-11-15)19(24)27-20(2,3)4/h6-9,14-15,18,21H,5,10-13H2,1-4H3. The highest BCUT2D eigenvalue weighted by atomic mass is 16.7. The lowest BCUT2D eigenvalue weighted by Crippen LogP contribution is -2.44. The molecule has 0 saturated carbocycles. The highest BCUT2D eigenvalue weighted by molar-refractivity contribution is 5.68. The van der Waals surface area contributed by atoms with Crippen molar-refractivity contribution in [2.75, 3.05) is 25.0 Å². The zero-order valence-corrected chi connectivity index (χ0v) is 16.6. The van der Waals surface area contributed by atoms with Crippen LogP contribution in [0, 0.1) is 0 Å². The van der Waals surface area contributed by atoms with E-state index in [9.17, 15) is 9.59 Å². The van der Waals surface area contributed by atoms with Crippen LogP contribution in [-0.2, 0) is 14.3 Å². The van der Waals surface area contributed by atoms with Gasteiger partial charge in [-0.1, -0.05) is 12.1 Å². The van der Waals surface area contributed by atoms with Crippen molar-refractivity contribution in [3.05, 3.63) is 24.3 Å². The summed E-state index contributed by atoms with van der Waals surface area (Å²) in [5.74, 6) is 0.567. The van der Waals surface area contributed by atoms with E-state index >= 15 is 0 Å². The molecule has 0 radical (unpaired) electrons. The molecule has 27 heavy (non-hydrogen) atoms. The fraction of sp³-hybridized carbons (Fsp3) is 0.600. The Hall–Kier alpha value is -2.28. The summed E-state index contributed by atoms with van der Waals surface area (Å²) in [4.78, 5) is 25.0. The van der Waals surface area contributed by atoms with Crippen LogP contribution >= 0.6 is 0 Å². The van der Waals surface area contributed by atoms with Crippen molar-refractivity contribution in [2.24, 2.45) is 0 Å². The van der Waals surface area contributed by atoms with E-state index in [0.29, 0.717) is 31.7 Å². The Balaban J connectivity index is 1.92. The molecule has 1 atom stereocenters. The minimum Gasteiger partial charge on any atom is -0.456 e. The molecule has 1 fully saturated rings. The predicted octanol–water partition coefficient (Wildman–Crippen LogP) is 3.44. The molecule has 1 N–H and O–H groups in total. The van der Waals surface area contributed by atoms with Gasteiger partial charge in [0.1, 0.15) is 11.4 Å². The second-order valence-corrected chi connectivity index (χ2v) is 7.46. The maximum Gasteiger partial charge on any atom is 0.410 e. The summed E-state index contributed by atoms with van der Waals surface area (Å²) in [6, 6.07) is 7.66. The molecule has 2 rings (SSSR count). The van der Waals surface area contributed by atoms with Gasteiger partial charge in [0.2, 0.25) is 0 Å². The van der Waals surface area contributed by atoms with Gasteiger partial charge >= 0.3 is 6.09 Å². The van der Waals surface area contributed by atoms with Gasteiger partial charge in [-0.3, -0.25) is 4.79 Å². The first kappa shape index (κ1) is 21.0. The topological polar surface area (TPSA) is 77.1 Å². The van der Waals surface area contributed by atoms with Crippen LogP contribution in [0.3, 0.4) is 0 Å². The minimum absolute atomic E-state index is 0.204. The van der Waals surface area contributed by atoms with Gasteiger partial charge in [0.25, 0.3) is 6.29 Å². The molecule has 1 saturated heterocycles. The number of carbonyl (C=O) groups is 2. The van der Waals surface area contributed by atoms with E-state index in [-0.39, 0.29) is 12.1 Å². The lowest BCUT2D eigenvalue weighted by molar-refractivity contribution is -0.135. The van der Waals surface area contributed by atoms with Crippen LogP contribution in [-0.4, -0.2) is 54.9 Å². The third-order valence-corrected chi connectivity index (χ3v) is 4.08. The van der Waals surface area contributed by atoms with Gasteiger partial charge in [-0.05, 0) is 52.7 Å². The van der Waals surface area contributed by atoms with E-state index in [2.05, 4.69) is 5.32 Å². The molecule has 0 spiro atoms. The molecule has 7 nitrogen and oxygen atoms in total. The number of rotatable bonds is 7. The van der Waals surface area contributed by atoms with Gasteiger partial charge in [0.05, 0.1) is 5.69 Å². The Labute approximate surface area is 161 Å². The first-order valence-electron chi connectivity index (χ1n) is 9.39. The zero-order valence-electron chi connectivity index (χ0n) is 16.6. The number of amides is 1. The Kier molecular flexibility index (Phi) is 7.47. The zero-order chi connectivity index (χ0) is 19.9. The van der Waals surface area contributed by atoms with E-state index in [1.165, 1.54) is 0 Å². The average molecular weight is 378 g/mol. The summed E-state index contributed by atoms with van der Waals surface area (Å²) in [7, 11) is 0. The maximum absolute atomic E-state index is 12.2. The number of benzene rings is 1. The van der Waals surface area contributed by atoms with Crippen LogP contribution in [0.15, 0.2) is 24.3 Å². The third-order valence-electron chi connectivity index (χ3n) is 4.08. The molecule has 1 aliphatic heterocycles. The molecule has 1 aliphatic rings. The molecular formula is C20H30N2O5. The number of piperidine rings is 1. The second kappa shape index (κ2) is 9.60. The number of nitrogens with one attached hydrogen (secondary N) is 1.